The Labute approximate surface area is 131 Å². The zero-order valence-corrected chi connectivity index (χ0v) is 13.4. The predicted octanol–water partition coefficient (Wildman–Crippen LogP) is 6.26. The minimum Gasteiger partial charge on any atom is -0.0985 e. The van der Waals surface area contributed by atoms with Crippen molar-refractivity contribution >= 4 is 12.8 Å². The Balaban J connectivity index is 1.42. The van der Waals surface area contributed by atoms with Crippen molar-refractivity contribution in [2.45, 2.75) is 75.7 Å². The van der Waals surface area contributed by atoms with Gasteiger partial charge in [0, 0.05) is 0 Å². The molecule has 1 aromatic rings. The Kier molecular flexibility index (Phi) is 5.22. The van der Waals surface area contributed by atoms with Crippen LogP contribution < -0.4 is 0 Å². The van der Waals surface area contributed by atoms with Crippen LogP contribution in [-0.4, -0.2) is 6.71 Å². The van der Waals surface area contributed by atoms with Gasteiger partial charge in [0.1, 0.15) is 6.71 Å². The molecule has 2 saturated heterocycles. The van der Waals surface area contributed by atoms with E-state index in [1.54, 1.807) is 0 Å². The molecule has 2 heterocycles. The van der Waals surface area contributed by atoms with Gasteiger partial charge in [-0.1, -0.05) is 99.8 Å². The van der Waals surface area contributed by atoms with Gasteiger partial charge in [-0.15, -0.1) is 0 Å². The third kappa shape index (κ3) is 3.81. The minimum atomic E-state index is 1.08. The van der Waals surface area contributed by atoms with E-state index in [4.69, 9.17) is 0 Å². The van der Waals surface area contributed by atoms with Crippen LogP contribution in [0.3, 0.4) is 0 Å². The van der Waals surface area contributed by atoms with E-state index in [0.29, 0.717) is 0 Å². The first-order valence-corrected chi connectivity index (χ1v) is 9.08. The lowest BCUT2D eigenvalue weighted by Gasteiger charge is -2.40. The first kappa shape index (κ1) is 14.9. The van der Waals surface area contributed by atoms with Crippen molar-refractivity contribution in [3.8, 4) is 0 Å². The quantitative estimate of drug-likeness (QED) is 0.426. The number of hydrogen-bond donors (Lipinski definition) is 0. The van der Waals surface area contributed by atoms with E-state index >= 15 is 0 Å². The summed E-state index contributed by atoms with van der Waals surface area (Å²) in [7, 11) is 0. The van der Waals surface area contributed by atoms with Crippen LogP contribution in [0, 0.1) is 0 Å². The van der Waals surface area contributed by atoms with Crippen LogP contribution in [0.2, 0.25) is 18.0 Å². The van der Waals surface area contributed by atoms with Crippen molar-refractivity contribution in [3.05, 3.63) is 42.0 Å². The lowest BCUT2D eigenvalue weighted by atomic mass is 9.26. The van der Waals surface area contributed by atoms with Crippen LogP contribution in [0.5, 0.6) is 0 Å². The Morgan fingerprint density at radius 2 is 1.57 bits per heavy atom. The first-order chi connectivity index (χ1) is 10.4. The van der Waals surface area contributed by atoms with Crippen LogP contribution in [0.15, 0.2) is 30.8 Å². The number of benzene rings is 1. The summed E-state index contributed by atoms with van der Waals surface area (Å²) in [6.45, 7) is 4.89. The fourth-order valence-electron chi connectivity index (χ4n) is 4.82. The Bertz CT molecular complexity index is 425. The van der Waals surface area contributed by atoms with Gasteiger partial charge in [0.2, 0.25) is 0 Å². The molecule has 1 heteroatoms. The summed E-state index contributed by atoms with van der Waals surface area (Å²) in [5, 5.41) is 0. The van der Waals surface area contributed by atoms with Gasteiger partial charge in [0.25, 0.3) is 0 Å². The third-order valence-corrected chi connectivity index (χ3v) is 5.98. The molecular formula is C20H29B. The summed E-state index contributed by atoms with van der Waals surface area (Å²) in [5.74, 6) is 2.17. The molecule has 2 aliphatic rings. The summed E-state index contributed by atoms with van der Waals surface area (Å²) in [6, 6.07) is 8.92. The van der Waals surface area contributed by atoms with Gasteiger partial charge in [0.05, 0.1) is 0 Å². The van der Waals surface area contributed by atoms with Crippen LogP contribution in [0.4, 0.5) is 0 Å². The molecule has 1 aromatic carbocycles. The molecule has 0 atom stereocenters. The number of aryl methyl sites for hydroxylation is 1. The highest BCUT2D eigenvalue weighted by Crippen LogP contribution is 2.48. The SMILES string of the molecule is C=Cc1ccc(CCCCB2C3CCCC2CCC3)cc1. The predicted molar refractivity (Wildman–Crippen MR) is 95.2 cm³/mol. The fourth-order valence-corrected chi connectivity index (χ4v) is 4.82. The van der Waals surface area contributed by atoms with E-state index in [0.717, 1.165) is 18.3 Å². The van der Waals surface area contributed by atoms with E-state index in [9.17, 15) is 0 Å². The van der Waals surface area contributed by atoms with Gasteiger partial charge in [-0.2, -0.15) is 0 Å². The minimum absolute atomic E-state index is 1.08. The molecule has 0 unspecified atom stereocenters. The van der Waals surface area contributed by atoms with Crippen molar-refractivity contribution in [1.82, 2.24) is 0 Å². The number of rotatable bonds is 6. The van der Waals surface area contributed by atoms with Gasteiger partial charge < -0.3 is 0 Å². The second-order valence-electron chi connectivity index (χ2n) is 7.24. The topological polar surface area (TPSA) is 0 Å². The van der Waals surface area contributed by atoms with Crippen molar-refractivity contribution < 1.29 is 0 Å². The van der Waals surface area contributed by atoms with Crippen LogP contribution in [0.25, 0.3) is 6.08 Å². The van der Waals surface area contributed by atoms with Gasteiger partial charge in [-0.3, -0.25) is 0 Å². The highest BCUT2D eigenvalue weighted by atomic mass is 14.2. The van der Waals surface area contributed by atoms with E-state index in [1.807, 2.05) is 6.08 Å². The van der Waals surface area contributed by atoms with Gasteiger partial charge in [-0.25, -0.2) is 0 Å². The maximum absolute atomic E-state index is 3.82. The molecule has 0 radical (unpaired) electrons. The van der Waals surface area contributed by atoms with E-state index in [1.165, 1.54) is 75.2 Å². The summed E-state index contributed by atoms with van der Waals surface area (Å²) < 4.78 is 0. The van der Waals surface area contributed by atoms with Crippen LogP contribution in [0.1, 0.15) is 62.5 Å². The summed E-state index contributed by atoms with van der Waals surface area (Å²) in [4.78, 5) is 0. The van der Waals surface area contributed by atoms with Crippen LogP contribution >= 0.6 is 0 Å². The maximum Gasteiger partial charge on any atom is 0.146 e. The highest BCUT2D eigenvalue weighted by molar-refractivity contribution is 6.62. The average Bonchev–Trinajstić information content (AvgIpc) is 2.52. The van der Waals surface area contributed by atoms with Crippen molar-refractivity contribution in [1.29, 1.82) is 0 Å². The average molecular weight is 280 g/mol. The third-order valence-electron chi connectivity index (χ3n) is 5.98. The second kappa shape index (κ2) is 7.34. The summed E-state index contributed by atoms with van der Waals surface area (Å²) in [6.07, 6.45) is 16.6. The highest BCUT2D eigenvalue weighted by Gasteiger charge is 2.37. The molecule has 21 heavy (non-hydrogen) atoms. The van der Waals surface area contributed by atoms with Crippen molar-refractivity contribution in [2.75, 3.05) is 0 Å². The molecule has 0 aromatic heterocycles. The zero-order chi connectivity index (χ0) is 14.5. The van der Waals surface area contributed by atoms with E-state index < -0.39 is 0 Å². The molecular weight excluding hydrogens is 251 g/mol. The van der Waals surface area contributed by atoms with Crippen molar-refractivity contribution in [2.24, 2.45) is 0 Å². The maximum atomic E-state index is 3.82. The first-order valence-electron chi connectivity index (χ1n) is 9.08. The molecule has 0 saturated carbocycles. The molecule has 0 N–H and O–H groups in total. The molecule has 2 bridgehead atoms. The smallest absolute Gasteiger partial charge is 0.0985 e. The van der Waals surface area contributed by atoms with Gasteiger partial charge in [0.15, 0.2) is 0 Å². The molecule has 0 aliphatic carbocycles. The molecule has 0 amide bonds. The Morgan fingerprint density at radius 3 is 2.14 bits per heavy atom. The lowest BCUT2D eigenvalue weighted by Crippen LogP contribution is -2.34. The van der Waals surface area contributed by atoms with Crippen LogP contribution in [-0.2, 0) is 6.42 Å². The lowest BCUT2D eigenvalue weighted by molar-refractivity contribution is 0.440. The van der Waals surface area contributed by atoms with Gasteiger partial charge >= 0.3 is 0 Å². The number of fused-ring (bicyclic) bond motifs is 2. The fraction of sp³-hybridized carbons (Fsp3) is 0.600. The Morgan fingerprint density at radius 1 is 0.952 bits per heavy atom. The molecule has 2 fully saturated rings. The normalized spacial score (nSPS) is 24.9. The Hall–Kier alpha value is -0.975. The van der Waals surface area contributed by atoms with E-state index in [-0.39, 0.29) is 0 Å². The molecule has 3 rings (SSSR count). The standard InChI is InChI=1S/C20H29B/c1-2-17-12-14-18(15-13-17)7-3-4-16-21-19-8-5-9-20(21)11-6-10-19/h2,12-15,19-20H,1,3-11,16H2. The number of hydrogen-bond acceptors (Lipinski definition) is 0. The van der Waals surface area contributed by atoms with Crippen molar-refractivity contribution in [3.63, 3.8) is 0 Å². The monoisotopic (exact) mass is 280 g/mol. The molecule has 0 nitrogen and oxygen atoms in total. The summed E-state index contributed by atoms with van der Waals surface area (Å²) in [5.41, 5.74) is 2.72. The van der Waals surface area contributed by atoms with E-state index in [2.05, 4.69) is 30.8 Å². The number of unbranched alkanes of at least 4 members (excludes halogenated alkanes) is 1. The molecule has 2 aliphatic heterocycles. The molecule has 0 spiro atoms. The largest absolute Gasteiger partial charge is 0.146 e. The summed E-state index contributed by atoms with van der Waals surface area (Å²) >= 11 is 0. The van der Waals surface area contributed by atoms with Gasteiger partial charge in [-0.05, 0) is 24.0 Å². The zero-order valence-electron chi connectivity index (χ0n) is 13.4. The molecule has 112 valence electrons. The second-order valence-corrected chi connectivity index (χ2v) is 7.24.